The summed E-state index contributed by atoms with van der Waals surface area (Å²) in [5.74, 6) is 0. The van der Waals surface area contributed by atoms with E-state index < -0.39 is 11.3 Å². The van der Waals surface area contributed by atoms with Gasteiger partial charge in [0, 0.05) is 0 Å². The van der Waals surface area contributed by atoms with Crippen molar-refractivity contribution in [2.24, 2.45) is 0 Å². The second-order valence-corrected chi connectivity index (χ2v) is 1.89. The maximum absolute atomic E-state index is 9.97. The molecule has 0 amide bonds. The number of hydrogen-bond acceptors (Lipinski definition) is 3. The predicted octanol–water partition coefficient (Wildman–Crippen LogP) is 0.223. The number of hydrogen-bond donors (Lipinski definition) is 2. The molecule has 0 aromatic carbocycles. The van der Waals surface area contributed by atoms with Crippen LogP contribution in [0.1, 0.15) is 0 Å². The Morgan fingerprint density at radius 3 is 3.11 bits per heavy atom. The number of nitrogens with zero attached hydrogens (tertiary/aromatic N) is 1. The van der Waals surface area contributed by atoms with Crippen LogP contribution in [0.4, 0.5) is 6.01 Å². The van der Waals surface area contributed by atoms with Gasteiger partial charge in [-0.3, -0.25) is 4.55 Å². The van der Waals surface area contributed by atoms with Crippen LogP contribution >= 0.6 is 0 Å². The lowest BCUT2D eigenvalue weighted by molar-refractivity contribution is 0.555. The fraction of sp³-hybridized carbons (Fsp3) is 0. The molecule has 0 spiro atoms. The molecule has 0 radical (unpaired) electrons. The van der Waals surface area contributed by atoms with Gasteiger partial charge in [-0.15, -0.1) is 0 Å². The second kappa shape index (κ2) is 2.60. The highest BCUT2D eigenvalue weighted by Crippen LogP contribution is 1.99. The molecular weight excluding hydrogens is 144 g/mol. The fourth-order valence-electron chi connectivity index (χ4n) is 0.349. The minimum Gasteiger partial charge on any atom is -0.432 e. The Morgan fingerprint density at radius 2 is 2.67 bits per heavy atom. The van der Waals surface area contributed by atoms with Crippen molar-refractivity contribution in [2.45, 2.75) is 0 Å². The highest BCUT2D eigenvalue weighted by Gasteiger charge is 1.96. The zero-order valence-electron chi connectivity index (χ0n) is 4.27. The van der Waals surface area contributed by atoms with E-state index in [-0.39, 0.29) is 6.01 Å². The van der Waals surface area contributed by atoms with Crippen molar-refractivity contribution in [1.29, 1.82) is 0 Å². The predicted molar refractivity (Wildman–Crippen MR) is 30.9 cm³/mol. The normalized spacial score (nSPS) is 13.0. The lowest BCUT2D eigenvalue weighted by Crippen LogP contribution is -2.01. The number of rotatable bonds is 2. The first-order valence-corrected chi connectivity index (χ1v) is 3.17. The minimum absolute atomic E-state index is 0.0378. The summed E-state index contributed by atoms with van der Waals surface area (Å²) < 4.78 is 24.8. The molecule has 0 bridgehead atoms. The maximum Gasteiger partial charge on any atom is 0.308 e. The average Bonchev–Trinajstić information content (AvgIpc) is 2.15. The van der Waals surface area contributed by atoms with Crippen molar-refractivity contribution in [3.8, 4) is 0 Å². The second-order valence-electron chi connectivity index (χ2n) is 1.19. The SMILES string of the molecule is O=S(O)Nc1ncco1. The summed E-state index contributed by atoms with van der Waals surface area (Å²) in [6, 6.07) is 0.0378. The molecule has 1 aromatic rings. The molecule has 1 atom stereocenters. The van der Waals surface area contributed by atoms with Crippen molar-refractivity contribution in [2.75, 3.05) is 4.72 Å². The van der Waals surface area contributed by atoms with Crippen LogP contribution in [0.5, 0.6) is 0 Å². The van der Waals surface area contributed by atoms with Gasteiger partial charge < -0.3 is 4.42 Å². The zero-order chi connectivity index (χ0) is 6.69. The van der Waals surface area contributed by atoms with Crippen LogP contribution < -0.4 is 4.72 Å². The number of oxazole rings is 1. The Hall–Kier alpha value is -0.880. The third-order valence-electron chi connectivity index (χ3n) is 0.607. The van der Waals surface area contributed by atoms with Crippen LogP contribution in [0.25, 0.3) is 0 Å². The number of aromatic nitrogens is 1. The van der Waals surface area contributed by atoms with Crippen LogP contribution in [-0.2, 0) is 11.3 Å². The number of anilines is 1. The topological polar surface area (TPSA) is 75.4 Å². The quantitative estimate of drug-likeness (QED) is 0.588. The van der Waals surface area contributed by atoms with E-state index in [1.165, 1.54) is 12.5 Å². The molecule has 1 heterocycles. The van der Waals surface area contributed by atoms with E-state index in [0.29, 0.717) is 0 Å². The molecule has 0 aliphatic carbocycles. The third-order valence-corrected chi connectivity index (χ3v) is 0.956. The molecule has 1 unspecified atom stereocenters. The molecule has 0 aliphatic rings. The van der Waals surface area contributed by atoms with Gasteiger partial charge in [0.15, 0.2) is 0 Å². The highest BCUT2D eigenvalue weighted by atomic mass is 32.2. The van der Waals surface area contributed by atoms with Crippen molar-refractivity contribution < 1.29 is 13.2 Å². The van der Waals surface area contributed by atoms with Crippen LogP contribution in [0.2, 0.25) is 0 Å². The summed E-state index contributed by atoms with van der Waals surface area (Å²) in [5.41, 5.74) is 0. The van der Waals surface area contributed by atoms with Crippen molar-refractivity contribution in [3.05, 3.63) is 12.5 Å². The molecule has 0 fully saturated rings. The molecule has 0 aliphatic heterocycles. The first kappa shape index (κ1) is 6.24. The smallest absolute Gasteiger partial charge is 0.308 e. The van der Waals surface area contributed by atoms with Gasteiger partial charge in [-0.1, -0.05) is 0 Å². The summed E-state index contributed by atoms with van der Waals surface area (Å²) in [7, 11) is 0. The van der Waals surface area contributed by atoms with Crippen LogP contribution in [0.15, 0.2) is 16.9 Å². The summed E-state index contributed by atoms with van der Waals surface area (Å²) in [5, 5.41) is 0. The minimum atomic E-state index is -2.10. The molecule has 1 aromatic heterocycles. The standard InChI is InChI=1S/C3H4N2O3S/c6-9(7)5-3-4-1-2-8-3/h1-2H,(H,4,5)(H,6,7). The summed E-state index contributed by atoms with van der Waals surface area (Å²) in [6.07, 6.45) is 2.67. The van der Waals surface area contributed by atoms with Crippen molar-refractivity contribution >= 4 is 17.3 Å². The van der Waals surface area contributed by atoms with Crippen molar-refractivity contribution in [3.63, 3.8) is 0 Å². The van der Waals surface area contributed by atoms with E-state index in [1.54, 1.807) is 0 Å². The molecule has 6 heteroatoms. The molecule has 50 valence electrons. The zero-order valence-corrected chi connectivity index (χ0v) is 5.09. The highest BCUT2D eigenvalue weighted by molar-refractivity contribution is 7.80. The Balaban J connectivity index is 2.58. The Labute approximate surface area is 53.5 Å². The lowest BCUT2D eigenvalue weighted by atomic mass is 11.0. The molecule has 1 rings (SSSR count). The average molecular weight is 148 g/mol. The Bertz CT molecular complexity index is 197. The molecule has 2 N–H and O–H groups in total. The lowest BCUT2D eigenvalue weighted by Gasteiger charge is -1.89. The molecule has 0 saturated heterocycles. The first-order valence-electron chi connectivity index (χ1n) is 2.06. The molecule has 9 heavy (non-hydrogen) atoms. The van der Waals surface area contributed by atoms with Gasteiger partial charge >= 0.3 is 6.01 Å². The van der Waals surface area contributed by atoms with Gasteiger partial charge in [0.05, 0.1) is 6.20 Å². The number of nitrogens with one attached hydrogen (secondary N) is 1. The molecule has 5 nitrogen and oxygen atoms in total. The summed E-state index contributed by atoms with van der Waals surface area (Å²) in [6.45, 7) is 0. The Kier molecular flexibility index (Phi) is 1.81. The van der Waals surface area contributed by atoms with Gasteiger partial charge in [0.2, 0.25) is 0 Å². The van der Waals surface area contributed by atoms with Crippen LogP contribution in [0, 0.1) is 0 Å². The van der Waals surface area contributed by atoms with Gasteiger partial charge in [0.1, 0.15) is 6.26 Å². The van der Waals surface area contributed by atoms with Crippen molar-refractivity contribution in [1.82, 2.24) is 4.98 Å². The van der Waals surface area contributed by atoms with Gasteiger partial charge in [-0.05, 0) is 0 Å². The third kappa shape index (κ3) is 1.82. The van der Waals surface area contributed by atoms with Crippen LogP contribution in [-0.4, -0.2) is 13.7 Å². The first-order chi connectivity index (χ1) is 4.29. The molecule has 0 saturated carbocycles. The molecular formula is C3H4N2O3S. The summed E-state index contributed by atoms with van der Waals surface area (Å²) >= 11 is -2.10. The van der Waals surface area contributed by atoms with E-state index in [0.717, 1.165) is 0 Å². The van der Waals surface area contributed by atoms with E-state index in [4.69, 9.17) is 4.55 Å². The van der Waals surface area contributed by atoms with Gasteiger partial charge in [0.25, 0.3) is 11.3 Å². The van der Waals surface area contributed by atoms with Crippen LogP contribution in [0.3, 0.4) is 0 Å². The van der Waals surface area contributed by atoms with E-state index in [9.17, 15) is 4.21 Å². The largest absolute Gasteiger partial charge is 0.432 e. The fourth-order valence-corrected chi connectivity index (χ4v) is 0.599. The summed E-state index contributed by atoms with van der Waals surface area (Å²) in [4.78, 5) is 3.53. The van der Waals surface area contributed by atoms with E-state index in [1.807, 2.05) is 4.72 Å². The van der Waals surface area contributed by atoms with E-state index in [2.05, 4.69) is 9.40 Å². The van der Waals surface area contributed by atoms with Gasteiger partial charge in [-0.25, -0.2) is 13.9 Å². The van der Waals surface area contributed by atoms with Gasteiger partial charge in [-0.2, -0.15) is 0 Å². The van der Waals surface area contributed by atoms with E-state index >= 15 is 0 Å². The monoisotopic (exact) mass is 148 g/mol. The Morgan fingerprint density at radius 1 is 1.89 bits per heavy atom. The maximum atomic E-state index is 9.97.